The smallest absolute Gasteiger partial charge is 0.262 e. The minimum Gasteiger partial charge on any atom is -0.262 e. The van der Waals surface area contributed by atoms with Gasteiger partial charge in [-0.05, 0) is 25.2 Å². The molecule has 0 bridgehead atoms. The Morgan fingerprint density at radius 3 is 2.78 bits per heavy atom. The van der Waals surface area contributed by atoms with Crippen molar-refractivity contribution in [3.8, 4) is 0 Å². The van der Waals surface area contributed by atoms with Gasteiger partial charge in [-0.25, -0.2) is 0 Å². The van der Waals surface area contributed by atoms with Crippen LogP contribution in [0.2, 0.25) is 12.1 Å². The molecule has 1 aromatic heterocycles. The normalized spacial score (nSPS) is 23.9. The predicted octanol–water partition coefficient (Wildman–Crippen LogP) is 2.92. The van der Waals surface area contributed by atoms with Gasteiger partial charge in [-0.1, -0.05) is 31.2 Å². The number of rotatable bonds is 2. The number of nitrogens with zero attached hydrogens (tertiary/aromatic N) is 2. The molecule has 1 atom stereocenters. The SMILES string of the molecule is CBC(C)(C)C1CCc2[nH]nnc2C(F)(F)CC1. The Kier molecular flexibility index (Phi) is 3.47. The van der Waals surface area contributed by atoms with Gasteiger partial charge in [0.2, 0.25) is 0 Å². The molecule has 0 amide bonds. The maximum Gasteiger partial charge on any atom is 0.293 e. The van der Waals surface area contributed by atoms with Crippen molar-refractivity contribution >= 4 is 7.28 Å². The molecule has 100 valence electrons. The van der Waals surface area contributed by atoms with E-state index >= 15 is 0 Å². The van der Waals surface area contributed by atoms with E-state index in [1.165, 1.54) is 0 Å². The molecule has 0 fully saturated rings. The Hall–Kier alpha value is -0.935. The lowest BCUT2D eigenvalue weighted by atomic mass is 9.49. The van der Waals surface area contributed by atoms with Crippen molar-refractivity contribution in [1.29, 1.82) is 0 Å². The molecule has 0 spiro atoms. The van der Waals surface area contributed by atoms with E-state index in [9.17, 15) is 8.78 Å². The molecule has 1 unspecified atom stereocenters. The van der Waals surface area contributed by atoms with E-state index in [2.05, 4.69) is 36.1 Å². The largest absolute Gasteiger partial charge is 0.293 e. The van der Waals surface area contributed by atoms with E-state index in [0.717, 1.165) is 13.7 Å². The average molecular weight is 255 g/mol. The highest BCUT2D eigenvalue weighted by molar-refractivity contribution is 6.38. The number of nitrogens with one attached hydrogen (secondary N) is 1. The predicted molar refractivity (Wildman–Crippen MR) is 68.4 cm³/mol. The van der Waals surface area contributed by atoms with E-state index in [4.69, 9.17) is 0 Å². The van der Waals surface area contributed by atoms with Crippen molar-refractivity contribution in [3.63, 3.8) is 0 Å². The van der Waals surface area contributed by atoms with Crippen LogP contribution in [0.4, 0.5) is 8.78 Å². The summed E-state index contributed by atoms with van der Waals surface area (Å²) in [5, 5.41) is 9.84. The van der Waals surface area contributed by atoms with E-state index in [1.54, 1.807) is 0 Å². The van der Waals surface area contributed by atoms with Crippen LogP contribution in [-0.2, 0) is 12.3 Å². The maximum absolute atomic E-state index is 14.0. The zero-order valence-electron chi connectivity index (χ0n) is 11.3. The van der Waals surface area contributed by atoms with Gasteiger partial charge < -0.3 is 0 Å². The highest BCUT2D eigenvalue weighted by atomic mass is 19.3. The fourth-order valence-corrected chi connectivity index (χ4v) is 2.72. The zero-order chi connectivity index (χ0) is 13.4. The van der Waals surface area contributed by atoms with Crippen molar-refractivity contribution < 1.29 is 8.78 Å². The highest BCUT2D eigenvalue weighted by Gasteiger charge is 2.41. The summed E-state index contributed by atoms with van der Waals surface area (Å²) in [4.78, 5) is 0. The number of hydrogen-bond donors (Lipinski definition) is 1. The second-order valence-electron chi connectivity index (χ2n) is 5.96. The van der Waals surface area contributed by atoms with Crippen molar-refractivity contribution in [1.82, 2.24) is 15.4 Å². The lowest BCUT2D eigenvalue weighted by molar-refractivity contribution is -0.0282. The van der Waals surface area contributed by atoms with Gasteiger partial charge in [-0.3, -0.25) is 5.10 Å². The summed E-state index contributed by atoms with van der Waals surface area (Å²) < 4.78 is 28.0. The molecule has 2 rings (SSSR count). The minimum absolute atomic E-state index is 0.112. The summed E-state index contributed by atoms with van der Waals surface area (Å²) in [7, 11) is 1.01. The third kappa shape index (κ3) is 2.42. The van der Waals surface area contributed by atoms with Crippen molar-refractivity contribution in [3.05, 3.63) is 11.4 Å². The number of alkyl halides is 2. The van der Waals surface area contributed by atoms with Gasteiger partial charge in [0.15, 0.2) is 5.69 Å². The highest BCUT2D eigenvalue weighted by Crippen LogP contribution is 2.45. The molecule has 0 radical (unpaired) electrons. The number of aromatic nitrogens is 3. The molecule has 1 aliphatic carbocycles. The lowest BCUT2D eigenvalue weighted by Gasteiger charge is -2.35. The molecule has 6 heteroatoms. The van der Waals surface area contributed by atoms with E-state index in [1.807, 2.05) is 0 Å². The third-order valence-electron chi connectivity index (χ3n) is 4.53. The Morgan fingerprint density at radius 1 is 1.39 bits per heavy atom. The summed E-state index contributed by atoms with van der Waals surface area (Å²) in [6, 6.07) is 0. The Balaban J connectivity index is 2.24. The van der Waals surface area contributed by atoms with Crippen molar-refractivity contribution in [2.75, 3.05) is 0 Å². The molecule has 0 saturated carbocycles. The molecule has 1 aromatic rings. The Bertz CT molecular complexity index is 417. The molecule has 18 heavy (non-hydrogen) atoms. The molecular formula is C12H20BF2N3. The summed E-state index contributed by atoms with van der Waals surface area (Å²) >= 11 is 0. The van der Waals surface area contributed by atoms with Crippen LogP contribution in [0, 0.1) is 5.92 Å². The first-order valence-electron chi connectivity index (χ1n) is 6.65. The monoisotopic (exact) mass is 255 g/mol. The van der Waals surface area contributed by atoms with Gasteiger partial charge >= 0.3 is 0 Å². The number of hydrogen-bond acceptors (Lipinski definition) is 2. The van der Waals surface area contributed by atoms with E-state index in [0.29, 0.717) is 24.5 Å². The summed E-state index contributed by atoms with van der Waals surface area (Å²) in [6.07, 6.45) is 1.97. The number of H-pyrrole nitrogens is 1. The van der Waals surface area contributed by atoms with Gasteiger partial charge in [0.05, 0.1) is 5.69 Å². The van der Waals surface area contributed by atoms with Crippen LogP contribution in [0.25, 0.3) is 0 Å². The van der Waals surface area contributed by atoms with Crippen LogP contribution in [0.5, 0.6) is 0 Å². The van der Waals surface area contributed by atoms with Gasteiger partial charge in [0, 0.05) is 6.42 Å². The summed E-state index contributed by atoms with van der Waals surface area (Å²) in [6.45, 7) is 6.47. The van der Waals surface area contributed by atoms with Crippen LogP contribution in [0.3, 0.4) is 0 Å². The fourth-order valence-electron chi connectivity index (χ4n) is 2.72. The Labute approximate surface area is 107 Å². The number of fused-ring (bicyclic) bond motifs is 1. The molecule has 1 N–H and O–H groups in total. The molecule has 0 aliphatic heterocycles. The summed E-state index contributed by atoms with van der Waals surface area (Å²) in [5.41, 5.74) is 0.367. The van der Waals surface area contributed by atoms with Gasteiger partial charge in [0.25, 0.3) is 5.92 Å². The first kappa shape index (κ1) is 13.5. The minimum atomic E-state index is -2.84. The molecule has 1 heterocycles. The van der Waals surface area contributed by atoms with Gasteiger partial charge in [-0.2, -0.15) is 8.78 Å². The van der Waals surface area contributed by atoms with Crippen LogP contribution < -0.4 is 0 Å². The van der Waals surface area contributed by atoms with E-state index in [-0.39, 0.29) is 17.4 Å². The first-order valence-corrected chi connectivity index (χ1v) is 6.65. The molecule has 3 nitrogen and oxygen atoms in total. The second-order valence-corrected chi connectivity index (χ2v) is 5.96. The zero-order valence-corrected chi connectivity index (χ0v) is 11.3. The van der Waals surface area contributed by atoms with Gasteiger partial charge in [-0.15, -0.1) is 5.10 Å². The molecule has 0 saturated heterocycles. The average Bonchev–Trinajstić information content (AvgIpc) is 2.75. The lowest BCUT2D eigenvalue weighted by Crippen LogP contribution is -2.28. The standard InChI is InChI=1S/C12H20BF2N3/c1-11(2,13-3)8-4-5-9-10(17-18-16-9)12(14,15)7-6-8/h8,13H,4-7H2,1-3H3,(H,16,17,18). The Morgan fingerprint density at radius 2 is 2.11 bits per heavy atom. The third-order valence-corrected chi connectivity index (χ3v) is 4.53. The first-order chi connectivity index (χ1) is 8.37. The van der Waals surface area contributed by atoms with Gasteiger partial charge in [0.1, 0.15) is 7.28 Å². The number of aromatic amines is 1. The summed E-state index contributed by atoms with van der Waals surface area (Å²) in [5.74, 6) is -2.52. The molecular weight excluding hydrogens is 235 g/mol. The fraction of sp³-hybridized carbons (Fsp3) is 0.833. The van der Waals surface area contributed by atoms with Crippen LogP contribution in [0.1, 0.15) is 44.5 Å². The van der Waals surface area contributed by atoms with Crippen LogP contribution in [0.15, 0.2) is 0 Å². The van der Waals surface area contributed by atoms with Crippen molar-refractivity contribution in [2.45, 2.75) is 57.6 Å². The second kappa shape index (κ2) is 4.63. The maximum atomic E-state index is 14.0. The molecule has 1 aliphatic rings. The van der Waals surface area contributed by atoms with Crippen molar-refractivity contribution in [2.24, 2.45) is 5.92 Å². The topological polar surface area (TPSA) is 41.6 Å². The number of halogens is 2. The number of aryl methyl sites for hydroxylation is 1. The molecule has 0 aromatic carbocycles. The van der Waals surface area contributed by atoms with Crippen LogP contribution >= 0.6 is 0 Å². The van der Waals surface area contributed by atoms with Crippen LogP contribution in [-0.4, -0.2) is 22.7 Å². The van der Waals surface area contributed by atoms with E-state index < -0.39 is 5.92 Å². The quantitative estimate of drug-likeness (QED) is 0.825.